The molecule has 0 aromatic heterocycles. The maximum Gasteiger partial charge on any atom is 0.128 e. The lowest BCUT2D eigenvalue weighted by molar-refractivity contribution is 0.140. The van der Waals surface area contributed by atoms with E-state index in [4.69, 9.17) is 4.74 Å². The van der Waals surface area contributed by atoms with Crippen LogP contribution in [0.15, 0.2) is 18.2 Å². The molecule has 1 aliphatic rings. The highest BCUT2D eigenvalue weighted by molar-refractivity contribution is 5.38. The summed E-state index contributed by atoms with van der Waals surface area (Å²) >= 11 is 0. The Labute approximate surface area is 63.2 Å². The van der Waals surface area contributed by atoms with Gasteiger partial charge in [0.25, 0.3) is 0 Å². The normalized spacial score (nSPS) is 21.1. The number of hydrogen-bond donors (Lipinski definition) is 1. The van der Waals surface area contributed by atoms with Gasteiger partial charge in [-0.3, -0.25) is 0 Å². The highest BCUT2D eigenvalue weighted by Crippen LogP contribution is 2.32. The van der Waals surface area contributed by atoms with Crippen molar-refractivity contribution in [3.05, 3.63) is 29.6 Å². The zero-order chi connectivity index (χ0) is 7.84. The van der Waals surface area contributed by atoms with E-state index >= 15 is 0 Å². The summed E-state index contributed by atoms with van der Waals surface area (Å²) < 4.78 is 17.5. The number of aliphatic hydroxyl groups excluding tert-OH is 1. The Morgan fingerprint density at radius 3 is 3.18 bits per heavy atom. The van der Waals surface area contributed by atoms with E-state index in [0.29, 0.717) is 11.3 Å². The van der Waals surface area contributed by atoms with Crippen molar-refractivity contribution < 1.29 is 14.2 Å². The summed E-state index contributed by atoms with van der Waals surface area (Å²) in [6.45, 7) is 0.235. The Balaban J connectivity index is 2.50. The highest BCUT2D eigenvalue weighted by atomic mass is 19.1. The van der Waals surface area contributed by atoms with E-state index in [9.17, 15) is 9.50 Å². The van der Waals surface area contributed by atoms with Crippen LogP contribution in [0.2, 0.25) is 0 Å². The van der Waals surface area contributed by atoms with Crippen LogP contribution in [0.1, 0.15) is 11.7 Å². The summed E-state index contributed by atoms with van der Waals surface area (Å²) in [4.78, 5) is 0. The van der Waals surface area contributed by atoms with Crippen molar-refractivity contribution in [2.24, 2.45) is 0 Å². The lowest BCUT2D eigenvalue weighted by Gasteiger charge is -1.97. The van der Waals surface area contributed by atoms with E-state index in [0.717, 1.165) is 0 Å². The summed E-state index contributed by atoms with van der Waals surface area (Å²) in [5.74, 6) is 0.121. The predicted molar refractivity (Wildman–Crippen MR) is 36.9 cm³/mol. The first-order valence-electron chi connectivity index (χ1n) is 3.37. The van der Waals surface area contributed by atoms with Gasteiger partial charge in [0.15, 0.2) is 0 Å². The summed E-state index contributed by atoms with van der Waals surface area (Å²) in [7, 11) is 0. The van der Waals surface area contributed by atoms with Gasteiger partial charge in [0.2, 0.25) is 0 Å². The average Bonchev–Trinajstić information content (AvgIpc) is 2.32. The molecule has 1 heterocycles. The minimum absolute atomic E-state index is 0.235. The van der Waals surface area contributed by atoms with Gasteiger partial charge in [0, 0.05) is 11.6 Å². The number of ether oxygens (including phenoxy) is 1. The molecule has 58 valence electrons. The molecule has 1 unspecified atom stereocenters. The minimum Gasteiger partial charge on any atom is -0.490 e. The second-order valence-corrected chi connectivity index (χ2v) is 2.51. The third-order valence-corrected chi connectivity index (χ3v) is 1.73. The first-order chi connectivity index (χ1) is 5.27. The molecular weight excluding hydrogens is 147 g/mol. The maximum atomic E-state index is 12.5. The SMILES string of the molecule is OC1COc2cc(F)ccc21. The lowest BCUT2D eigenvalue weighted by Crippen LogP contribution is -1.97. The summed E-state index contributed by atoms with van der Waals surface area (Å²) in [6.07, 6.45) is -0.592. The molecule has 0 radical (unpaired) electrons. The van der Waals surface area contributed by atoms with Crippen LogP contribution in [0.25, 0.3) is 0 Å². The Kier molecular flexibility index (Phi) is 1.32. The lowest BCUT2D eigenvalue weighted by atomic mass is 10.1. The van der Waals surface area contributed by atoms with E-state index in [-0.39, 0.29) is 12.4 Å². The van der Waals surface area contributed by atoms with Crippen molar-refractivity contribution in [1.82, 2.24) is 0 Å². The largest absolute Gasteiger partial charge is 0.490 e. The molecule has 1 aliphatic heterocycles. The van der Waals surface area contributed by atoms with Crippen LogP contribution in [0, 0.1) is 5.82 Å². The van der Waals surface area contributed by atoms with Crippen molar-refractivity contribution in [2.45, 2.75) is 6.10 Å². The monoisotopic (exact) mass is 154 g/mol. The molecular formula is C8H7FO2. The quantitative estimate of drug-likeness (QED) is 0.609. The molecule has 0 saturated carbocycles. The Hall–Kier alpha value is -1.09. The van der Waals surface area contributed by atoms with Gasteiger partial charge in [-0.1, -0.05) is 0 Å². The molecule has 0 spiro atoms. The van der Waals surface area contributed by atoms with Crippen LogP contribution in [-0.4, -0.2) is 11.7 Å². The third kappa shape index (κ3) is 0.973. The number of aliphatic hydroxyl groups is 1. The standard InChI is InChI=1S/C8H7FO2/c9-5-1-2-6-7(10)4-11-8(6)3-5/h1-3,7,10H,4H2. The Morgan fingerprint density at radius 2 is 2.36 bits per heavy atom. The molecule has 0 saturated heterocycles. The highest BCUT2D eigenvalue weighted by Gasteiger charge is 2.21. The Morgan fingerprint density at radius 1 is 1.55 bits per heavy atom. The molecule has 1 N–H and O–H groups in total. The fraction of sp³-hybridized carbons (Fsp3) is 0.250. The van der Waals surface area contributed by atoms with Crippen molar-refractivity contribution in [2.75, 3.05) is 6.61 Å². The van der Waals surface area contributed by atoms with Crippen LogP contribution in [0.3, 0.4) is 0 Å². The van der Waals surface area contributed by atoms with Crippen molar-refractivity contribution in [3.8, 4) is 5.75 Å². The second-order valence-electron chi connectivity index (χ2n) is 2.51. The van der Waals surface area contributed by atoms with Gasteiger partial charge in [-0.15, -0.1) is 0 Å². The number of rotatable bonds is 0. The van der Waals surface area contributed by atoms with E-state index in [1.165, 1.54) is 12.1 Å². The van der Waals surface area contributed by atoms with Crippen molar-refractivity contribution in [3.63, 3.8) is 0 Å². The van der Waals surface area contributed by atoms with Gasteiger partial charge < -0.3 is 9.84 Å². The first kappa shape index (κ1) is 6.61. The molecule has 0 amide bonds. The third-order valence-electron chi connectivity index (χ3n) is 1.73. The molecule has 1 aromatic rings. The zero-order valence-corrected chi connectivity index (χ0v) is 5.75. The molecule has 0 bridgehead atoms. The van der Waals surface area contributed by atoms with Gasteiger partial charge in [-0.25, -0.2) is 4.39 Å². The number of fused-ring (bicyclic) bond motifs is 1. The summed E-state index contributed by atoms with van der Waals surface area (Å²) in [6, 6.07) is 4.14. The number of hydrogen-bond acceptors (Lipinski definition) is 2. The van der Waals surface area contributed by atoms with Gasteiger partial charge in [-0.05, 0) is 12.1 Å². The number of halogens is 1. The smallest absolute Gasteiger partial charge is 0.128 e. The maximum absolute atomic E-state index is 12.5. The van der Waals surface area contributed by atoms with Gasteiger partial charge >= 0.3 is 0 Å². The average molecular weight is 154 g/mol. The van der Waals surface area contributed by atoms with Gasteiger partial charge in [-0.2, -0.15) is 0 Å². The molecule has 1 atom stereocenters. The minimum atomic E-state index is -0.592. The fourth-order valence-corrected chi connectivity index (χ4v) is 1.17. The molecule has 0 aliphatic carbocycles. The molecule has 11 heavy (non-hydrogen) atoms. The number of benzene rings is 1. The molecule has 3 heteroatoms. The summed E-state index contributed by atoms with van der Waals surface area (Å²) in [5.41, 5.74) is 0.673. The van der Waals surface area contributed by atoms with E-state index in [2.05, 4.69) is 0 Å². The van der Waals surface area contributed by atoms with E-state index in [1.807, 2.05) is 0 Å². The summed E-state index contributed by atoms with van der Waals surface area (Å²) in [5, 5.41) is 9.22. The van der Waals surface area contributed by atoms with E-state index < -0.39 is 6.10 Å². The second kappa shape index (κ2) is 2.20. The van der Waals surface area contributed by atoms with E-state index in [1.54, 1.807) is 6.07 Å². The molecule has 1 aromatic carbocycles. The van der Waals surface area contributed by atoms with Crippen LogP contribution in [0.4, 0.5) is 4.39 Å². The topological polar surface area (TPSA) is 29.5 Å². The van der Waals surface area contributed by atoms with Crippen molar-refractivity contribution >= 4 is 0 Å². The Bertz CT molecular complexity index is 285. The zero-order valence-electron chi connectivity index (χ0n) is 5.75. The van der Waals surface area contributed by atoms with Crippen LogP contribution < -0.4 is 4.74 Å². The van der Waals surface area contributed by atoms with Crippen LogP contribution in [0.5, 0.6) is 5.75 Å². The van der Waals surface area contributed by atoms with Gasteiger partial charge in [0.1, 0.15) is 24.3 Å². The van der Waals surface area contributed by atoms with Gasteiger partial charge in [0.05, 0.1) is 0 Å². The fourth-order valence-electron chi connectivity index (χ4n) is 1.17. The van der Waals surface area contributed by atoms with Crippen LogP contribution >= 0.6 is 0 Å². The van der Waals surface area contributed by atoms with Crippen LogP contribution in [-0.2, 0) is 0 Å². The molecule has 0 fully saturated rings. The first-order valence-corrected chi connectivity index (χ1v) is 3.37. The van der Waals surface area contributed by atoms with Crippen molar-refractivity contribution in [1.29, 1.82) is 0 Å². The predicted octanol–water partition coefficient (Wildman–Crippen LogP) is 1.25. The molecule has 2 rings (SSSR count). The molecule has 2 nitrogen and oxygen atoms in total.